The van der Waals surface area contributed by atoms with Crippen LogP contribution in [0.25, 0.3) is 0 Å². The second-order valence-corrected chi connectivity index (χ2v) is 6.69. The summed E-state index contributed by atoms with van der Waals surface area (Å²) in [5, 5.41) is 7.20. The fourth-order valence-electron chi connectivity index (χ4n) is 2.43. The molecule has 0 spiro atoms. The molecule has 0 atom stereocenters. The van der Waals surface area contributed by atoms with Crippen molar-refractivity contribution in [2.45, 2.75) is 32.8 Å². The van der Waals surface area contributed by atoms with Crippen LogP contribution >= 0.6 is 0 Å². The third kappa shape index (κ3) is 2.84. The molecule has 6 heteroatoms. The number of hydrogen-bond donors (Lipinski definition) is 1. The molecule has 0 saturated carbocycles. The van der Waals surface area contributed by atoms with Gasteiger partial charge in [-0.15, -0.1) is 0 Å². The maximum atomic E-state index is 12.5. The van der Waals surface area contributed by atoms with Crippen LogP contribution in [0.3, 0.4) is 0 Å². The van der Waals surface area contributed by atoms with Crippen molar-refractivity contribution in [1.29, 1.82) is 0 Å². The van der Waals surface area contributed by atoms with E-state index in [1.165, 1.54) is 0 Å². The van der Waals surface area contributed by atoms with Crippen LogP contribution in [0.2, 0.25) is 0 Å². The van der Waals surface area contributed by atoms with Gasteiger partial charge in [-0.2, -0.15) is 5.10 Å². The highest BCUT2D eigenvalue weighted by atomic mass is 16.5. The fraction of sp³-hybridized carbons (Fsp3) is 0.353. The summed E-state index contributed by atoms with van der Waals surface area (Å²) in [4.78, 5) is 24.1. The van der Waals surface area contributed by atoms with E-state index in [-0.39, 0.29) is 17.3 Å². The summed E-state index contributed by atoms with van der Waals surface area (Å²) < 4.78 is 6.53. The van der Waals surface area contributed by atoms with Crippen molar-refractivity contribution in [3.05, 3.63) is 46.8 Å². The monoisotopic (exact) mass is 313 g/mol. The minimum absolute atomic E-state index is 0.131. The van der Waals surface area contributed by atoms with Gasteiger partial charge in [0.2, 0.25) is 0 Å². The van der Waals surface area contributed by atoms with E-state index in [4.69, 9.17) is 4.74 Å². The number of aromatic nitrogens is 2. The van der Waals surface area contributed by atoms with Crippen molar-refractivity contribution < 1.29 is 14.3 Å². The molecule has 0 saturated heterocycles. The Kier molecular flexibility index (Phi) is 3.47. The molecule has 0 fully saturated rings. The van der Waals surface area contributed by atoms with Crippen LogP contribution in [0.15, 0.2) is 24.3 Å². The Morgan fingerprint density at radius 2 is 2.04 bits per heavy atom. The van der Waals surface area contributed by atoms with Crippen LogP contribution in [-0.4, -0.2) is 21.7 Å². The van der Waals surface area contributed by atoms with Crippen molar-refractivity contribution in [2.24, 2.45) is 7.05 Å². The summed E-state index contributed by atoms with van der Waals surface area (Å²) in [6, 6.07) is 6.99. The lowest BCUT2D eigenvalue weighted by Gasteiger charge is -2.13. The number of fused-ring (bicyclic) bond motifs is 1. The van der Waals surface area contributed by atoms with E-state index in [9.17, 15) is 9.59 Å². The van der Waals surface area contributed by atoms with E-state index in [0.717, 1.165) is 11.3 Å². The first-order valence-electron chi connectivity index (χ1n) is 7.41. The number of amides is 1. The molecule has 6 nitrogen and oxygen atoms in total. The average Bonchev–Trinajstić information content (AvgIpc) is 3.03. The Bertz CT molecular complexity index is 800. The zero-order valence-electron chi connectivity index (χ0n) is 13.6. The molecule has 1 aliphatic heterocycles. The van der Waals surface area contributed by atoms with Gasteiger partial charge in [0.15, 0.2) is 0 Å². The first-order chi connectivity index (χ1) is 10.8. The molecule has 0 bridgehead atoms. The van der Waals surface area contributed by atoms with Crippen LogP contribution in [0.1, 0.15) is 52.9 Å². The Morgan fingerprint density at radius 1 is 1.30 bits per heavy atom. The van der Waals surface area contributed by atoms with E-state index >= 15 is 0 Å². The number of aryl methyl sites for hydroxylation is 1. The van der Waals surface area contributed by atoms with Gasteiger partial charge in [0.25, 0.3) is 5.91 Å². The summed E-state index contributed by atoms with van der Waals surface area (Å²) in [5.74, 6) is -0.617. The van der Waals surface area contributed by atoms with Gasteiger partial charge in [0, 0.05) is 23.7 Å². The molecule has 2 aromatic rings. The highest BCUT2D eigenvalue weighted by molar-refractivity contribution is 6.04. The Labute approximate surface area is 134 Å². The van der Waals surface area contributed by atoms with Crippen LogP contribution < -0.4 is 5.32 Å². The van der Waals surface area contributed by atoms with E-state index < -0.39 is 0 Å². The van der Waals surface area contributed by atoms with Gasteiger partial charge >= 0.3 is 5.97 Å². The molecule has 1 N–H and O–H groups in total. The predicted molar refractivity (Wildman–Crippen MR) is 85.4 cm³/mol. The third-order valence-electron chi connectivity index (χ3n) is 3.83. The van der Waals surface area contributed by atoms with Gasteiger partial charge in [0.05, 0.1) is 11.3 Å². The zero-order valence-corrected chi connectivity index (χ0v) is 13.6. The average molecular weight is 313 g/mol. The van der Waals surface area contributed by atoms with Crippen molar-refractivity contribution in [3.63, 3.8) is 0 Å². The van der Waals surface area contributed by atoms with E-state index in [0.29, 0.717) is 23.6 Å². The summed E-state index contributed by atoms with van der Waals surface area (Å²) in [5.41, 5.74) is 3.09. The van der Waals surface area contributed by atoms with Crippen LogP contribution in [-0.2, 0) is 23.8 Å². The Hall–Kier alpha value is -2.63. The number of carbonyl (C=O) groups is 2. The molecule has 0 unspecified atom stereocenters. The van der Waals surface area contributed by atoms with Gasteiger partial charge in [-0.05, 0) is 18.2 Å². The number of esters is 1. The van der Waals surface area contributed by atoms with Crippen molar-refractivity contribution in [2.75, 3.05) is 5.32 Å². The molecule has 0 radical (unpaired) electrons. The van der Waals surface area contributed by atoms with Crippen molar-refractivity contribution in [3.8, 4) is 0 Å². The summed E-state index contributed by atoms with van der Waals surface area (Å²) in [6.45, 7) is 6.43. The molecule has 3 rings (SSSR count). The smallest absolute Gasteiger partial charge is 0.338 e. The Morgan fingerprint density at radius 3 is 2.70 bits per heavy atom. The summed E-state index contributed by atoms with van der Waals surface area (Å²) in [6.07, 6.45) is 0. The Balaban J connectivity index is 1.84. The molecule has 1 aliphatic rings. The molecule has 1 aromatic heterocycles. The maximum Gasteiger partial charge on any atom is 0.338 e. The van der Waals surface area contributed by atoms with Gasteiger partial charge in [-0.1, -0.05) is 26.8 Å². The van der Waals surface area contributed by atoms with Gasteiger partial charge in [-0.25, -0.2) is 4.79 Å². The van der Waals surface area contributed by atoms with E-state index in [1.54, 1.807) is 36.0 Å². The number of nitrogens with one attached hydrogen (secondary N) is 1. The highest BCUT2D eigenvalue weighted by Crippen LogP contribution is 2.25. The fourth-order valence-corrected chi connectivity index (χ4v) is 2.43. The van der Waals surface area contributed by atoms with Crippen molar-refractivity contribution >= 4 is 17.6 Å². The van der Waals surface area contributed by atoms with Crippen LogP contribution in [0, 0.1) is 0 Å². The standard InChI is InChI=1S/C17H19N3O3/c1-17(2,3)14-8-13(20(4)19-14)15(21)18-11-6-5-10-9-23-16(22)12(10)7-11/h5-8H,9H2,1-4H3,(H,18,21). The third-order valence-corrected chi connectivity index (χ3v) is 3.83. The number of nitrogens with zero attached hydrogens (tertiary/aromatic N) is 2. The van der Waals surface area contributed by atoms with Crippen LogP contribution in [0.5, 0.6) is 0 Å². The largest absolute Gasteiger partial charge is 0.457 e. The molecule has 120 valence electrons. The number of ether oxygens (including phenoxy) is 1. The molecular weight excluding hydrogens is 294 g/mol. The predicted octanol–water partition coefficient (Wildman–Crippen LogP) is 2.64. The quantitative estimate of drug-likeness (QED) is 0.865. The number of cyclic esters (lactones) is 1. The number of carbonyl (C=O) groups excluding carboxylic acids is 2. The summed E-state index contributed by atoms with van der Waals surface area (Å²) in [7, 11) is 1.74. The number of hydrogen-bond acceptors (Lipinski definition) is 4. The minimum Gasteiger partial charge on any atom is -0.457 e. The normalized spacial score (nSPS) is 13.7. The maximum absolute atomic E-state index is 12.5. The minimum atomic E-state index is -0.355. The molecule has 0 aliphatic carbocycles. The van der Waals surface area contributed by atoms with Gasteiger partial charge < -0.3 is 10.1 Å². The zero-order chi connectivity index (χ0) is 16.8. The number of rotatable bonds is 2. The lowest BCUT2D eigenvalue weighted by molar-refractivity contribution is 0.0535. The second-order valence-electron chi connectivity index (χ2n) is 6.69. The van der Waals surface area contributed by atoms with Gasteiger partial charge in [0.1, 0.15) is 12.3 Å². The van der Waals surface area contributed by atoms with Crippen LogP contribution in [0.4, 0.5) is 5.69 Å². The number of anilines is 1. The summed E-state index contributed by atoms with van der Waals surface area (Å²) >= 11 is 0. The number of benzene rings is 1. The van der Waals surface area contributed by atoms with E-state index in [1.807, 2.05) is 20.8 Å². The SMILES string of the molecule is Cn1nc(C(C)(C)C)cc1C(=O)Nc1ccc2c(c1)C(=O)OC2. The lowest BCUT2D eigenvalue weighted by Crippen LogP contribution is -2.16. The molecular formula is C17H19N3O3. The molecule has 2 heterocycles. The van der Waals surface area contributed by atoms with E-state index in [2.05, 4.69) is 10.4 Å². The lowest BCUT2D eigenvalue weighted by atomic mass is 9.92. The first kappa shape index (κ1) is 15.3. The molecule has 1 amide bonds. The van der Waals surface area contributed by atoms with Crippen molar-refractivity contribution in [1.82, 2.24) is 9.78 Å². The first-order valence-corrected chi connectivity index (χ1v) is 7.41. The topological polar surface area (TPSA) is 73.2 Å². The van der Waals surface area contributed by atoms with Gasteiger partial charge in [-0.3, -0.25) is 9.48 Å². The second kappa shape index (κ2) is 5.22. The molecule has 23 heavy (non-hydrogen) atoms. The molecule has 1 aromatic carbocycles. The highest BCUT2D eigenvalue weighted by Gasteiger charge is 2.23.